The van der Waals surface area contributed by atoms with E-state index in [1.54, 1.807) is 4.90 Å². The maximum Gasteiger partial charge on any atom is 0.419 e. The van der Waals surface area contributed by atoms with E-state index in [2.05, 4.69) is 48.0 Å². The first kappa shape index (κ1) is 45.8. The molecule has 61 heavy (non-hydrogen) atoms. The van der Waals surface area contributed by atoms with Crippen LogP contribution < -0.4 is 14.8 Å². The molecule has 0 unspecified atom stereocenters. The number of carbonyl (C=O) groups is 4. The van der Waals surface area contributed by atoms with Crippen LogP contribution in [0.15, 0.2) is 93.9 Å². The standard InChI is InChI=1S/C22H19BrF3NO3.C13H14BrNO.C9H7F3O3/c23-16-6-3-4-14-17(28)12-21(20(14)16)8-10-27(11-9-21)19(29)13-30-18-7-2-1-5-15(18)22(24,25)26;14-10-3-1-2-9-11(16)8-13(12(9)10)4-6-15-7-5-13;10-9(11,12)6-3-1-2-4-7(6)15-5-8(13)14/h1-7H,8-13H2;1-3,15H,4-8H2;1-4H,5H2,(H,13,14). The summed E-state index contributed by atoms with van der Waals surface area (Å²) in [5, 5.41) is 11.6. The van der Waals surface area contributed by atoms with E-state index in [1.807, 2.05) is 30.3 Å². The molecule has 4 aromatic rings. The predicted octanol–water partition coefficient (Wildman–Crippen LogP) is 9.82. The number of rotatable bonds is 6. The van der Waals surface area contributed by atoms with Crippen LogP contribution in [0.2, 0.25) is 0 Å². The average Bonchev–Trinajstić information content (AvgIpc) is 3.66. The minimum atomic E-state index is -4.55. The Morgan fingerprint density at radius 1 is 0.639 bits per heavy atom. The van der Waals surface area contributed by atoms with Gasteiger partial charge in [-0.25, -0.2) is 4.79 Å². The lowest BCUT2D eigenvalue weighted by atomic mass is 9.74. The van der Waals surface area contributed by atoms with E-state index < -0.39 is 48.4 Å². The summed E-state index contributed by atoms with van der Waals surface area (Å²) in [6, 6.07) is 20.9. The number of aliphatic carboxylic acids is 1. The second-order valence-corrected chi connectivity index (χ2v) is 16.9. The molecule has 324 valence electrons. The fourth-order valence-corrected chi connectivity index (χ4v) is 10.1. The van der Waals surface area contributed by atoms with Crippen molar-refractivity contribution < 1.29 is 60.1 Å². The van der Waals surface area contributed by atoms with E-state index in [-0.39, 0.29) is 28.3 Å². The predicted molar refractivity (Wildman–Crippen MR) is 219 cm³/mol. The first-order valence-electron chi connectivity index (χ1n) is 19.3. The number of ketones is 2. The molecule has 2 aliphatic carbocycles. The number of hydrogen-bond donors (Lipinski definition) is 2. The molecule has 0 bridgehead atoms. The minimum Gasteiger partial charge on any atom is -0.483 e. The number of fused-ring (bicyclic) bond motifs is 4. The number of likely N-dealkylation sites (tertiary alicyclic amines) is 1. The summed E-state index contributed by atoms with van der Waals surface area (Å²) < 4.78 is 88.0. The van der Waals surface area contributed by atoms with Crippen LogP contribution >= 0.6 is 31.9 Å². The first-order valence-corrected chi connectivity index (χ1v) is 20.9. The second kappa shape index (κ2) is 18.7. The third kappa shape index (κ3) is 10.3. The van der Waals surface area contributed by atoms with Crippen LogP contribution in [0.1, 0.15) is 81.5 Å². The van der Waals surface area contributed by atoms with E-state index in [4.69, 9.17) is 9.84 Å². The van der Waals surface area contributed by atoms with Crippen molar-refractivity contribution in [2.75, 3.05) is 39.4 Å². The summed E-state index contributed by atoms with van der Waals surface area (Å²) in [7, 11) is 0. The summed E-state index contributed by atoms with van der Waals surface area (Å²) in [6.45, 7) is 1.64. The lowest BCUT2D eigenvalue weighted by Gasteiger charge is -2.40. The lowest BCUT2D eigenvalue weighted by Crippen LogP contribution is -2.46. The van der Waals surface area contributed by atoms with E-state index in [0.717, 1.165) is 69.8 Å². The highest BCUT2D eigenvalue weighted by Crippen LogP contribution is 2.50. The Kier molecular flexibility index (Phi) is 14.0. The van der Waals surface area contributed by atoms with Gasteiger partial charge in [-0.15, -0.1) is 0 Å². The van der Waals surface area contributed by atoms with Gasteiger partial charge >= 0.3 is 18.3 Å². The highest BCUT2D eigenvalue weighted by Gasteiger charge is 2.47. The van der Waals surface area contributed by atoms with Crippen LogP contribution in [0.25, 0.3) is 0 Å². The molecule has 2 aliphatic heterocycles. The molecule has 17 heteroatoms. The maximum atomic E-state index is 13.1. The normalized spacial score (nSPS) is 17.4. The lowest BCUT2D eigenvalue weighted by molar-refractivity contribution is -0.143. The third-order valence-corrected chi connectivity index (χ3v) is 12.7. The molecule has 1 amide bonds. The molecule has 0 radical (unpaired) electrons. The van der Waals surface area contributed by atoms with Crippen molar-refractivity contribution in [1.82, 2.24) is 10.2 Å². The summed E-state index contributed by atoms with van der Waals surface area (Å²) >= 11 is 7.17. The number of hydrogen-bond acceptors (Lipinski definition) is 7. The molecule has 4 aromatic carbocycles. The van der Waals surface area contributed by atoms with Gasteiger partial charge in [-0.1, -0.05) is 80.4 Å². The number of benzene rings is 4. The van der Waals surface area contributed by atoms with Gasteiger partial charge in [0.2, 0.25) is 0 Å². The second-order valence-electron chi connectivity index (χ2n) is 15.2. The van der Waals surface area contributed by atoms with Crippen LogP contribution in [0.4, 0.5) is 26.3 Å². The Morgan fingerprint density at radius 2 is 1.07 bits per heavy atom. The van der Waals surface area contributed by atoms with Gasteiger partial charge in [-0.05, 0) is 86.3 Å². The molecule has 0 saturated carbocycles. The van der Waals surface area contributed by atoms with Gasteiger partial charge in [0, 0.05) is 56.8 Å². The molecule has 2 fully saturated rings. The minimum absolute atomic E-state index is 0.109. The summed E-state index contributed by atoms with van der Waals surface area (Å²) in [5.74, 6) is -2.10. The van der Waals surface area contributed by atoms with Gasteiger partial charge in [0.1, 0.15) is 11.5 Å². The van der Waals surface area contributed by atoms with Crippen LogP contribution in [-0.2, 0) is 32.8 Å². The molecule has 9 nitrogen and oxygen atoms in total. The maximum absolute atomic E-state index is 13.1. The molecule has 4 aliphatic rings. The van der Waals surface area contributed by atoms with E-state index in [1.165, 1.54) is 35.9 Å². The van der Waals surface area contributed by atoms with Crippen molar-refractivity contribution in [3.05, 3.63) is 127 Å². The molecular weight excluding hydrogens is 942 g/mol. The Morgan fingerprint density at radius 3 is 1.51 bits per heavy atom. The number of amides is 1. The van der Waals surface area contributed by atoms with E-state index in [9.17, 15) is 45.5 Å². The van der Waals surface area contributed by atoms with Gasteiger partial charge in [-0.2, -0.15) is 26.3 Å². The van der Waals surface area contributed by atoms with Crippen LogP contribution in [0.3, 0.4) is 0 Å². The molecule has 2 heterocycles. The molecule has 8 rings (SSSR count). The Balaban J connectivity index is 0.000000169. The monoisotopic (exact) mass is 980 g/mol. The highest BCUT2D eigenvalue weighted by atomic mass is 79.9. The Hall–Kier alpha value is -4.74. The van der Waals surface area contributed by atoms with Gasteiger partial charge in [0.25, 0.3) is 5.91 Å². The molecule has 0 atom stereocenters. The molecule has 2 N–H and O–H groups in total. The van der Waals surface area contributed by atoms with Gasteiger partial charge < -0.3 is 24.8 Å². The number of carboxylic acids is 1. The fourth-order valence-electron chi connectivity index (χ4n) is 8.54. The van der Waals surface area contributed by atoms with E-state index in [0.29, 0.717) is 44.6 Å². The molecule has 2 saturated heterocycles. The van der Waals surface area contributed by atoms with E-state index >= 15 is 0 Å². The number of halogens is 8. The molecular formula is C44H40Br2F6N2O7. The van der Waals surface area contributed by atoms with Crippen molar-refractivity contribution in [3.8, 4) is 11.5 Å². The van der Waals surface area contributed by atoms with Crippen LogP contribution in [-0.4, -0.2) is 72.8 Å². The van der Waals surface area contributed by atoms with Crippen molar-refractivity contribution in [3.63, 3.8) is 0 Å². The summed E-state index contributed by atoms with van der Waals surface area (Å²) in [5.41, 5.74) is 1.88. The van der Waals surface area contributed by atoms with Gasteiger partial charge in [0.05, 0.1) is 11.1 Å². The summed E-state index contributed by atoms with van der Waals surface area (Å²) in [6.07, 6.45) is -4.57. The number of alkyl halides is 6. The zero-order valence-electron chi connectivity index (χ0n) is 32.4. The topological polar surface area (TPSA) is 122 Å². The summed E-state index contributed by atoms with van der Waals surface area (Å²) in [4.78, 5) is 48.8. The first-order chi connectivity index (χ1) is 28.8. The number of Topliss-reactive ketones (excluding diaryl/α,β-unsaturated/α-hetero) is 2. The number of ether oxygens (including phenoxy) is 2. The fraction of sp³-hybridized carbons (Fsp3) is 0.364. The Bertz CT molecular complexity index is 2290. The quantitative estimate of drug-likeness (QED) is 0.183. The third-order valence-electron chi connectivity index (χ3n) is 11.4. The number of nitrogens with zero attached hydrogens (tertiary/aromatic N) is 1. The van der Waals surface area contributed by atoms with Crippen molar-refractivity contribution in [2.45, 2.75) is 61.7 Å². The van der Waals surface area contributed by atoms with Gasteiger partial charge in [-0.3, -0.25) is 14.4 Å². The zero-order valence-corrected chi connectivity index (χ0v) is 35.6. The van der Waals surface area contributed by atoms with Crippen molar-refractivity contribution in [2.24, 2.45) is 0 Å². The highest BCUT2D eigenvalue weighted by molar-refractivity contribution is 9.10. The van der Waals surface area contributed by atoms with Crippen LogP contribution in [0.5, 0.6) is 11.5 Å². The number of piperidine rings is 2. The smallest absolute Gasteiger partial charge is 0.419 e. The number of carbonyl (C=O) groups excluding carboxylic acids is 3. The number of carboxylic acid groups (broad SMARTS) is 1. The molecule has 2 spiro atoms. The van der Waals surface area contributed by atoms with Crippen molar-refractivity contribution in [1.29, 1.82) is 0 Å². The number of para-hydroxylation sites is 2. The molecule has 0 aromatic heterocycles. The van der Waals surface area contributed by atoms with Crippen molar-refractivity contribution >= 4 is 55.3 Å². The SMILES string of the molecule is O=C(O)COc1ccccc1C(F)(F)F.O=C1CC2(CCN(C(=O)COc3ccccc3C(F)(F)F)CC2)c2c(Br)cccc21.O=C1CC2(CCNCC2)c2c(Br)cccc21. The van der Waals surface area contributed by atoms with Crippen LogP contribution in [0, 0.1) is 0 Å². The zero-order chi connectivity index (χ0) is 44.2. The van der Waals surface area contributed by atoms with Gasteiger partial charge in [0.15, 0.2) is 24.8 Å². The average molecular weight is 983 g/mol. The number of nitrogens with one attached hydrogen (secondary N) is 1. The Labute approximate surface area is 364 Å². The largest absolute Gasteiger partial charge is 0.483 e.